The van der Waals surface area contributed by atoms with Crippen molar-refractivity contribution in [3.8, 4) is 6.07 Å². The maximum absolute atomic E-state index is 12.2. The fourth-order valence-corrected chi connectivity index (χ4v) is 2.85. The third-order valence-electron chi connectivity index (χ3n) is 2.52. The number of sulfonamides is 1. The van der Waals surface area contributed by atoms with Gasteiger partial charge in [0.25, 0.3) is 0 Å². The number of methoxy groups -OCH3 is 1. The van der Waals surface area contributed by atoms with Crippen LogP contribution in [-0.2, 0) is 14.8 Å². The van der Waals surface area contributed by atoms with Crippen LogP contribution in [0.25, 0.3) is 0 Å². The zero-order valence-corrected chi connectivity index (χ0v) is 11.3. The molecule has 0 N–H and O–H groups in total. The minimum Gasteiger partial charge on any atom is -0.385 e. The van der Waals surface area contributed by atoms with Crippen LogP contribution in [0.15, 0.2) is 29.2 Å². The van der Waals surface area contributed by atoms with Crippen LogP contribution in [0.2, 0.25) is 0 Å². The molecule has 0 spiro atoms. The van der Waals surface area contributed by atoms with Crippen molar-refractivity contribution in [3.63, 3.8) is 0 Å². The van der Waals surface area contributed by atoms with Gasteiger partial charge in [-0.05, 0) is 18.6 Å². The van der Waals surface area contributed by atoms with E-state index >= 15 is 0 Å². The van der Waals surface area contributed by atoms with Crippen molar-refractivity contribution in [2.45, 2.75) is 11.3 Å². The normalized spacial score (nSPS) is 11.4. The van der Waals surface area contributed by atoms with E-state index < -0.39 is 10.0 Å². The molecule has 1 aromatic rings. The predicted octanol–water partition coefficient (Wildman–Crippen LogP) is 1.22. The molecule has 0 radical (unpaired) electrons. The van der Waals surface area contributed by atoms with E-state index in [2.05, 4.69) is 0 Å². The Morgan fingerprint density at radius 1 is 1.39 bits per heavy atom. The Hall–Kier alpha value is -1.42. The van der Waals surface area contributed by atoms with Gasteiger partial charge in [-0.2, -0.15) is 5.26 Å². The molecule has 0 saturated heterocycles. The third kappa shape index (κ3) is 3.29. The first-order valence-corrected chi connectivity index (χ1v) is 6.92. The van der Waals surface area contributed by atoms with Crippen LogP contribution in [-0.4, -0.2) is 40.0 Å². The third-order valence-corrected chi connectivity index (χ3v) is 4.43. The van der Waals surface area contributed by atoms with Crippen LogP contribution in [0, 0.1) is 11.3 Å². The molecule has 0 aliphatic heterocycles. The van der Waals surface area contributed by atoms with Crippen molar-refractivity contribution < 1.29 is 13.2 Å². The van der Waals surface area contributed by atoms with Crippen LogP contribution in [0.3, 0.4) is 0 Å². The zero-order valence-electron chi connectivity index (χ0n) is 10.5. The van der Waals surface area contributed by atoms with E-state index in [1.54, 1.807) is 19.2 Å². The Kier molecular flexibility index (Phi) is 5.28. The van der Waals surface area contributed by atoms with Crippen molar-refractivity contribution in [2.75, 3.05) is 27.3 Å². The Bertz CT molecular complexity index is 534. The van der Waals surface area contributed by atoms with E-state index in [1.165, 1.54) is 23.5 Å². The molecule has 0 aliphatic rings. The van der Waals surface area contributed by atoms with Gasteiger partial charge in [0.1, 0.15) is 6.07 Å². The SMILES string of the molecule is COCCCN(C)S(=O)(=O)c1ccccc1C#N. The summed E-state index contributed by atoms with van der Waals surface area (Å²) < 4.78 is 30.6. The summed E-state index contributed by atoms with van der Waals surface area (Å²) >= 11 is 0. The first kappa shape index (κ1) is 14.6. The van der Waals surface area contributed by atoms with Gasteiger partial charge in [-0.3, -0.25) is 0 Å². The van der Waals surface area contributed by atoms with E-state index in [9.17, 15) is 8.42 Å². The number of hydrogen-bond acceptors (Lipinski definition) is 4. The summed E-state index contributed by atoms with van der Waals surface area (Å²) in [4.78, 5) is 0.0485. The Balaban J connectivity index is 2.96. The molecule has 6 heteroatoms. The highest BCUT2D eigenvalue weighted by molar-refractivity contribution is 7.89. The number of rotatable bonds is 6. The van der Waals surface area contributed by atoms with Crippen LogP contribution in [0.4, 0.5) is 0 Å². The van der Waals surface area contributed by atoms with Crippen LogP contribution in [0.1, 0.15) is 12.0 Å². The average Bonchev–Trinajstić information content (AvgIpc) is 2.38. The van der Waals surface area contributed by atoms with Crippen molar-refractivity contribution in [1.29, 1.82) is 5.26 Å². The highest BCUT2D eigenvalue weighted by Gasteiger charge is 2.23. The maximum atomic E-state index is 12.2. The average molecular weight is 268 g/mol. The fourth-order valence-electron chi connectivity index (χ4n) is 1.50. The highest BCUT2D eigenvalue weighted by Crippen LogP contribution is 2.18. The molecular weight excluding hydrogens is 252 g/mol. The smallest absolute Gasteiger partial charge is 0.244 e. The molecule has 0 unspecified atom stereocenters. The second-order valence-corrected chi connectivity index (χ2v) is 5.79. The lowest BCUT2D eigenvalue weighted by Gasteiger charge is -2.17. The number of nitrogens with zero attached hydrogens (tertiary/aromatic N) is 2. The van der Waals surface area contributed by atoms with Crippen LogP contribution < -0.4 is 0 Å². The van der Waals surface area contributed by atoms with E-state index in [0.717, 1.165) is 0 Å². The monoisotopic (exact) mass is 268 g/mol. The van der Waals surface area contributed by atoms with Gasteiger partial charge >= 0.3 is 0 Å². The summed E-state index contributed by atoms with van der Waals surface area (Å²) in [5.74, 6) is 0. The van der Waals surface area contributed by atoms with Crippen molar-refractivity contribution in [3.05, 3.63) is 29.8 Å². The molecule has 98 valence electrons. The molecule has 1 aromatic carbocycles. The standard InChI is InChI=1S/C12H16N2O3S/c1-14(8-5-9-17-2)18(15,16)12-7-4-3-6-11(12)10-13/h3-4,6-7H,5,8-9H2,1-2H3. The van der Waals surface area contributed by atoms with E-state index in [1.807, 2.05) is 6.07 Å². The highest BCUT2D eigenvalue weighted by atomic mass is 32.2. The maximum Gasteiger partial charge on any atom is 0.244 e. The van der Waals surface area contributed by atoms with Gasteiger partial charge in [-0.1, -0.05) is 12.1 Å². The van der Waals surface area contributed by atoms with Crippen molar-refractivity contribution in [2.24, 2.45) is 0 Å². The summed E-state index contributed by atoms with van der Waals surface area (Å²) in [5, 5.41) is 8.92. The van der Waals surface area contributed by atoms with Gasteiger partial charge in [0.05, 0.1) is 10.5 Å². The summed E-state index contributed by atoms with van der Waals surface area (Å²) in [5.41, 5.74) is 0.163. The second kappa shape index (κ2) is 6.50. The first-order chi connectivity index (χ1) is 8.54. The van der Waals surface area contributed by atoms with Crippen LogP contribution in [0.5, 0.6) is 0 Å². The molecular formula is C12H16N2O3S. The van der Waals surface area contributed by atoms with Gasteiger partial charge in [0.15, 0.2) is 0 Å². The molecule has 0 aromatic heterocycles. The van der Waals surface area contributed by atoms with Gasteiger partial charge in [0, 0.05) is 27.3 Å². The van der Waals surface area contributed by atoms with Gasteiger partial charge in [-0.25, -0.2) is 12.7 Å². The minimum atomic E-state index is -3.61. The van der Waals surface area contributed by atoms with Crippen molar-refractivity contribution >= 4 is 10.0 Å². The lowest BCUT2D eigenvalue weighted by atomic mass is 10.2. The number of nitriles is 1. The zero-order chi connectivity index (χ0) is 13.6. The lowest BCUT2D eigenvalue weighted by Crippen LogP contribution is -2.29. The van der Waals surface area contributed by atoms with Crippen molar-refractivity contribution in [1.82, 2.24) is 4.31 Å². The summed E-state index contributed by atoms with van der Waals surface area (Å²) in [6.45, 7) is 0.857. The van der Waals surface area contributed by atoms with Crippen LogP contribution >= 0.6 is 0 Å². The molecule has 0 saturated carbocycles. The van der Waals surface area contributed by atoms with Gasteiger partial charge < -0.3 is 4.74 Å². The molecule has 0 fully saturated rings. The predicted molar refractivity (Wildman–Crippen MR) is 67.5 cm³/mol. The molecule has 5 nitrogen and oxygen atoms in total. The molecule has 0 amide bonds. The Labute approximate surface area is 108 Å². The number of benzene rings is 1. The van der Waals surface area contributed by atoms with E-state index in [0.29, 0.717) is 19.6 Å². The molecule has 0 bridgehead atoms. The molecule has 0 atom stereocenters. The molecule has 0 heterocycles. The summed E-state index contributed by atoms with van der Waals surface area (Å²) in [6.07, 6.45) is 0.612. The fraction of sp³-hybridized carbons (Fsp3) is 0.417. The molecule has 1 rings (SSSR count). The largest absolute Gasteiger partial charge is 0.385 e. The molecule has 18 heavy (non-hydrogen) atoms. The topological polar surface area (TPSA) is 70.4 Å². The number of hydrogen-bond donors (Lipinski definition) is 0. The second-order valence-electron chi connectivity index (χ2n) is 3.78. The lowest BCUT2D eigenvalue weighted by molar-refractivity contribution is 0.189. The molecule has 0 aliphatic carbocycles. The quantitative estimate of drug-likeness (QED) is 0.727. The van der Waals surface area contributed by atoms with E-state index in [4.69, 9.17) is 10.00 Å². The Morgan fingerprint density at radius 3 is 2.67 bits per heavy atom. The Morgan fingerprint density at radius 2 is 2.06 bits per heavy atom. The minimum absolute atomic E-state index is 0.0485. The van der Waals surface area contributed by atoms with Gasteiger partial charge in [0.2, 0.25) is 10.0 Å². The van der Waals surface area contributed by atoms with Gasteiger partial charge in [-0.15, -0.1) is 0 Å². The first-order valence-electron chi connectivity index (χ1n) is 5.48. The summed E-state index contributed by atoms with van der Waals surface area (Å²) in [7, 11) is -0.539. The summed E-state index contributed by atoms with van der Waals surface area (Å²) in [6, 6.07) is 8.08. The number of ether oxygens (including phenoxy) is 1. The van der Waals surface area contributed by atoms with E-state index in [-0.39, 0.29) is 10.5 Å².